The van der Waals surface area contributed by atoms with Gasteiger partial charge in [0.2, 0.25) is 5.91 Å². The summed E-state index contributed by atoms with van der Waals surface area (Å²) in [6, 6.07) is -0.941. The first kappa shape index (κ1) is 21.3. The fourth-order valence-electron chi connectivity index (χ4n) is 1.73. The zero-order chi connectivity index (χ0) is 17.6. The van der Waals surface area contributed by atoms with Gasteiger partial charge in [-0.2, -0.15) is 8.42 Å². The molecule has 0 aliphatic rings. The topological polar surface area (TPSA) is 124 Å². The summed E-state index contributed by atoms with van der Waals surface area (Å²) in [4.78, 5) is 13.7. The molecule has 0 heterocycles. The van der Waals surface area contributed by atoms with Gasteiger partial charge in [-0.3, -0.25) is 9.35 Å². The van der Waals surface area contributed by atoms with Crippen LogP contribution in [0.25, 0.3) is 0 Å². The average molecular weight is 358 g/mol. The van der Waals surface area contributed by atoms with E-state index in [0.29, 0.717) is 18.9 Å². The van der Waals surface area contributed by atoms with Gasteiger partial charge in [0.05, 0.1) is 27.4 Å². The lowest BCUT2D eigenvalue weighted by Crippen LogP contribution is -2.50. The molecule has 2 atom stereocenters. The van der Waals surface area contributed by atoms with Gasteiger partial charge < -0.3 is 14.8 Å². The molecule has 1 amide bonds. The number of amides is 1. The maximum Gasteiger partial charge on any atom is 0.266 e. The molecule has 0 aromatic carbocycles. The third kappa shape index (κ3) is 10.1. The Morgan fingerprint density at radius 2 is 1.77 bits per heavy atom. The fourth-order valence-corrected chi connectivity index (χ4v) is 3.01. The zero-order valence-electron chi connectivity index (χ0n) is 13.2. The van der Waals surface area contributed by atoms with Crippen molar-refractivity contribution in [3.05, 3.63) is 0 Å². The first-order valence-electron chi connectivity index (χ1n) is 6.84. The van der Waals surface area contributed by atoms with Crippen LogP contribution in [0.4, 0.5) is 0 Å². The molecule has 0 aliphatic carbocycles. The molecule has 0 aliphatic heterocycles. The third-order valence-electron chi connectivity index (χ3n) is 2.98. The summed E-state index contributed by atoms with van der Waals surface area (Å²) in [5, 5.41) is 2.64. The van der Waals surface area contributed by atoms with Crippen molar-refractivity contribution in [2.45, 2.75) is 26.3 Å². The minimum absolute atomic E-state index is 0.174. The van der Waals surface area contributed by atoms with Crippen LogP contribution in [0, 0.1) is 5.92 Å². The maximum atomic E-state index is 12.4. The van der Waals surface area contributed by atoms with E-state index in [9.17, 15) is 22.0 Å². The van der Waals surface area contributed by atoms with Gasteiger partial charge in [-0.1, -0.05) is 13.8 Å². The van der Waals surface area contributed by atoms with Gasteiger partial charge in [-0.25, -0.2) is 4.21 Å². The van der Waals surface area contributed by atoms with Gasteiger partial charge in [0.15, 0.2) is 0 Å². The van der Waals surface area contributed by atoms with Gasteiger partial charge in [0.25, 0.3) is 10.1 Å². The Bertz CT molecular complexity index is 556. The smallest absolute Gasteiger partial charge is 0.266 e. The Morgan fingerprint density at radius 1 is 1.23 bits per heavy atom. The molecular formula is C12H26N2O6S2. The SMILES string of the molecule is C=S(=O)(O)CC(NC)C(=O)N(CCC(C)C)CCS(=O)(=O)O. The normalized spacial score (nSPS) is 16.3. The Labute approximate surface area is 132 Å². The largest absolute Gasteiger partial charge is 0.340 e. The molecule has 0 spiro atoms. The number of carbonyl (C=O) groups excluding carboxylic acids is 1. The second kappa shape index (κ2) is 8.82. The monoisotopic (exact) mass is 358 g/mol. The van der Waals surface area contributed by atoms with E-state index >= 15 is 0 Å². The molecule has 0 bridgehead atoms. The van der Waals surface area contributed by atoms with E-state index in [4.69, 9.17) is 4.55 Å². The predicted molar refractivity (Wildman–Crippen MR) is 88.1 cm³/mol. The quantitative estimate of drug-likeness (QED) is 0.356. The Balaban J connectivity index is 5.05. The first-order chi connectivity index (χ1) is 9.85. The van der Waals surface area contributed by atoms with Gasteiger partial charge in [-0.15, -0.1) is 0 Å². The minimum atomic E-state index is -4.19. The highest BCUT2D eigenvalue weighted by Gasteiger charge is 2.26. The summed E-state index contributed by atoms with van der Waals surface area (Å²) in [5.74, 6) is 1.96. The Kier molecular flexibility index (Phi) is 8.55. The van der Waals surface area contributed by atoms with E-state index in [1.54, 1.807) is 0 Å². The van der Waals surface area contributed by atoms with Crippen molar-refractivity contribution in [3.63, 3.8) is 0 Å². The highest BCUT2D eigenvalue weighted by atomic mass is 32.2. The third-order valence-corrected chi connectivity index (χ3v) is 4.53. The van der Waals surface area contributed by atoms with Crippen LogP contribution in [0.15, 0.2) is 0 Å². The van der Waals surface area contributed by atoms with E-state index in [1.807, 2.05) is 13.8 Å². The van der Waals surface area contributed by atoms with Gasteiger partial charge >= 0.3 is 0 Å². The van der Waals surface area contributed by atoms with Crippen LogP contribution in [0.3, 0.4) is 0 Å². The average Bonchev–Trinajstić information content (AvgIpc) is 2.32. The molecule has 0 saturated heterocycles. The summed E-state index contributed by atoms with van der Waals surface area (Å²) in [7, 11) is -6.09. The predicted octanol–water partition coefficient (Wildman–Crippen LogP) is -0.474. The van der Waals surface area contributed by atoms with E-state index in [0.717, 1.165) is 0 Å². The van der Waals surface area contributed by atoms with Crippen molar-refractivity contribution in [1.29, 1.82) is 0 Å². The lowest BCUT2D eigenvalue weighted by molar-refractivity contribution is -0.132. The van der Waals surface area contributed by atoms with Crippen LogP contribution >= 0.6 is 0 Å². The molecule has 0 aromatic heterocycles. The molecule has 8 nitrogen and oxygen atoms in total. The van der Waals surface area contributed by atoms with Gasteiger partial charge in [-0.05, 0) is 25.3 Å². The Morgan fingerprint density at radius 3 is 2.14 bits per heavy atom. The maximum absolute atomic E-state index is 12.4. The van der Waals surface area contributed by atoms with Crippen molar-refractivity contribution in [2.75, 3.05) is 31.6 Å². The zero-order valence-corrected chi connectivity index (χ0v) is 14.8. The van der Waals surface area contributed by atoms with Crippen molar-refractivity contribution < 1.29 is 26.5 Å². The van der Waals surface area contributed by atoms with E-state index in [-0.39, 0.29) is 12.3 Å². The molecular weight excluding hydrogens is 332 g/mol. The standard InChI is InChI=1S/C12H26N2O6S2/c1-10(2)5-6-14(7-8-22(18,19)20)12(15)11(13-3)9-21(4,16)17/h10-11,13H,4-9H2,1-3H3,(H,16,17)(H,18,19,20). The number of rotatable bonds is 10. The number of hydrogen-bond acceptors (Lipinski definition) is 5. The first-order valence-corrected chi connectivity index (χ1v) is 10.3. The number of nitrogens with one attached hydrogen (secondary N) is 1. The lowest BCUT2D eigenvalue weighted by atomic mass is 10.1. The van der Waals surface area contributed by atoms with Crippen molar-refractivity contribution >= 4 is 31.7 Å². The van der Waals surface area contributed by atoms with Crippen LogP contribution in [-0.4, -0.2) is 76.1 Å². The number of hydrogen-bond donors (Lipinski definition) is 3. The number of likely N-dealkylation sites (N-methyl/N-ethyl adjacent to an activating group) is 1. The molecule has 0 rings (SSSR count). The molecule has 10 heteroatoms. The van der Waals surface area contributed by atoms with Gasteiger partial charge in [0, 0.05) is 13.1 Å². The fraction of sp³-hybridized carbons (Fsp3) is 0.833. The van der Waals surface area contributed by atoms with Crippen molar-refractivity contribution in [1.82, 2.24) is 10.2 Å². The molecule has 2 unspecified atom stereocenters. The molecule has 0 radical (unpaired) electrons. The summed E-state index contributed by atoms with van der Waals surface area (Å²) in [5.41, 5.74) is 0. The van der Waals surface area contributed by atoms with Crippen molar-refractivity contribution in [3.8, 4) is 0 Å². The highest BCUT2D eigenvalue weighted by molar-refractivity contribution is 7.95. The van der Waals surface area contributed by atoms with E-state index in [1.165, 1.54) is 11.9 Å². The van der Waals surface area contributed by atoms with Crippen LogP contribution in [0.1, 0.15) is 20.3 Å². The number of nitrogens with zero attached hydrogens (tertiary/aromatic N) is 1. The molecule has 22 heavy (non-hydrogen) atoms. The van der Waals surface area contributed by atoms with Crippen LogP contribution in [0.5, 0.6) is 0 Å². The summed E-state index contributed by atoms with van der Waals surface area (Å²) in [6.07, 6.45) is 0.645. The van der Waals surface area contributed by atoms with Crippen LogP contribution < -0.4 is 5.32 Å². The summed E-state index contributed by atoms with van der Waals surface area (Å²) in [6.45, 7) is 4.04. The van der Waals surface area contributed by atoms with Crippen molar-refractivity contribution in [2.24, 2.45) is 5.92 Å². The molecule has 0 saturated carbocycles. The number of carbonyl (C=O) groups is 1. The molecule has 0 fully saturated rings. The van der Waals surface area contributed by atoms with Crippen LogP contribution in [-0.2, 0) is 24.7 Å². The van der Waals surface area contributed by atoms with Crippen LogP contribution in [0.2, 0.25) is 0 Å². The Hall–Kier alpha value is -0.680. The lowest BCUT2D eigenvalue weighted by Gasteiger charge is -2.27. The second-order valence-corrected chi connectivity index (χ2v) is 9.02. The molecule has 0 aromatic rings. The summed E-state index contributed by atoms with van der Waals surface area (Å²) >= 11 is 0. The second-order valence-electron chi connectivity index (χ2n) is 5.57. The van der Waals surface area contributed by atoms with Gasteiger partial charge in [0.1, 0.15) is 0 Å². The molecule has 3 N–H and O–H groups in total. The summed E-state index contributed by atoms with van der Waals surface area (Å²) < 4.78 is 51.2. The molecule has 132 valence electrons. The van der Waals surface area contributed by atoms with E-state index < -0.39 is 37.6 Å². The minimum Gasteiger partial charge on any atom is -0.340 e. The highest BCUT2D eigenvalue weighted by Crippen LogP contribution is 2.06. The van der Waals surface area contributed by atoms with E-state index in [2.05, 4.69) is 11.2 Å².